The maximum absolute atomic E-state index is 6.12. The molecule has 2 atom stereocenters. The first-order valence-corrected chi connectivity index (χ1v) is 21.8. The van der Waals surface area contributed by atoms with Crippen LogP contribution in [0.25, 0.3) is 0 Å². The zero-order valence-corrected chi connectivity index (χ0v) is 34.8. The normalized spacial score (nSPS) is 15.9. The van der Waals surface area contributed by atoms with E-state index in [0.29, 0.717) is 25.0 Å². The highest BCUT2D eigenvalue weighted by Gasteiger charge is 2.25. The summed E-state index contributed by atoms with van der Waals surface area (Å²) in [5.41, 5.74) is 2.12. The molecule has 0 spiro atoms. The van der Waals surface area contributed by atoms with Gasteiger partial charge in [-0.2, -0.15) is 0 Å². The summed E-state index contributed by atoms with van der Waals surface area (Å²) in [6.07, 6.45) is 16.9. The van der Waals surface area contributed by atoms with Gasteiger partial charge >= 0.3 is 0 Å². The van der Waals surface area contributed by atoms with Gasteiger partial charge < -0.3 is 42.6 Å². The molecule has 0 amide bonds. The van der Waals surface area contributed by atoms with Gasteiger partial charge in [0.15, 0.2) is 23.0 Å². The summed E-state index contributed by atoms with van der Waals surface area (Å²) >= 11 is 0. The van der Waals surface area contributed by atoms with Crippen LogP contribution in [0.3, 0.4) is 0 Å². The molecule has 2 aliphatic heterocycles. The van der Waals surface area contributed by atoms with Crippen LogP contribution in [0.4, 0.5) is 0 Å². The lowest BCUT2D eigenvalue weighted by molar-refractivity contribution is 0.0389. The van der Waals surface area contributed by atoms with Crippen LogP contribution in [0.1, 0.15) is 142 Å². The first-order chi connectivity index (χ1) is 27.0. The molecule has 0 radical (unpaired) electrons. The Balaban J connectivity index is 0.960. The molecule has 4 rings (SSSR count). The van der Waals surface area contributed by atoms with Gasteiger partial charge in [0.25, 0.3) is 0 Å². The molecule has 2 aromatic carbocycles. The van der Waals surface area contributed by atoms with Crippen LogP contribution < -0.4 is 18.9 Å². The predicted molar refractivity (Wildman–Crippen MR) is 218 cm³/mol. The predicted octanol–water partition coefficient (Wildman–Crippen LogP) is 11.2. The van der Waals surface area contributed by atoms with E-state index in [1.54, 1.807) is 0 Å². The number of fused-ring (bicyclic) bond motifs is 2. The topological polar surface area (TPSA) is 83.1 Å². The molecule has 0 bridgehead atoms. The SMILES string of the molecule is CC(C)CCOCCCCOCCCCCCC1Oc2ccc(COCc3ccc4c(c3)OC(CCCCCCOCCCCOCCC(C)C)O4)cc2O1. The third-order valence-electron chi connectivity index (χ3n) is 9.88. The number of hydrogen-bond donors (Lipinski definition) is 0. The lowest BCUT2D eigenvalue weighted by Gasteiger charge is -2.10. The van der Waals surface area contributed by atoms with Crippen LogP contribution >= 0.6 is 0 Å². The number of rotatable bonds is 34. The average Bonchev–Trinajstić information content (AvgIpc) is 3.77. The molecule has 0 N–H and O–H groups in total. The van der Waals surface area contributed by atoms with E-state index in [0.717, 1.165) is 190 Å². The van der Waals surface area contributed by atoms with E-state index < -0.39 is 0 Å². The zero-order chi connectivity index (χ0) is 38.8. The second-order valence-corrected chi connectivity index (χ2v) is 16.0. The molecular weight excluding hydrogens is 696 g/mol. The van der Waals surface area contributed by atoms with Gasteiger partial charge in [0.2, 0.25) is 12.6 Å². The first kappa shape index (κ1) is 45.1. The first-order valence-electron chi connectivity index (χ1n) is 21.8. The molecule has 9 heteroatoms. The molecule has 0 fully saturated rings. The van der Waals surface area contributed by atoms with Gasteiger partial charge in [-0.25, -0.2) is 0 Å². The number of unbranched alkanes of at least 4 members (excludes halogenated alkanes) is 8. The van der Waals surface area contributed by atoms with Crippen LogP contribution in [0.15, 0.2) is 36.4 Å². The van der Waals surface area contributed by atoms with Crippen LogP contribution in [-0.4, -0.2) is 65.4 Å². The molecule has 2 aromatic rings. The third-order valence-corrected chi connectivity index (χ3v) is 9.88. The van der Waals surface area contributed by atoms with Crippen molar-refractivity contribution in [2.24, 2.45) is 11.8 Å². The highest BCUT2D eigenvalue weighted by atomic mass is 16.7. The Morgan fingerprint density at radius 1 is 0.400 bits per heavy atom. The molecular formula is C46H74O9. The van der Waals surface area contributed by atoms with E-state index in [1.807, 2.05) is 24.3 Å². The molecule has 0 saturated carbocycles. The standard InChI is InChI=1S/C46H74O9/c1-37(2)23-31-49-29-15-13-27-47-25-11-7-5-9-17-45-52-41-21-19-39(33-43(41)54-45)35-51-36-40-20-22-42-44(34-40)55-46(53-42)18-10-6-8-12-26-48-28-14-16-30-50-32-24-38(3)4/h19-22,33-34,37-38,45-46H,5-18,23-32,35-36H2,1-4H3. The van der Waals surface area contributed by atoms with E-state index >= 15 is 0 Å². The van der Waals surface area contributed by atoms with Crippen molar-refractivity contribution in [2.45, 2.75) is 156 Å². The highest BCUT2D eigenvalue weighted by Crippen LogP contribution is 2.38. The van der Waals surface area contributed by atoms with Crippen molar-refractivity contribution in [2.75, 3.05) is 52.9 Å². The van der Waals surface area contributed by atoms with E-state index in [1.165, 1.54) is 0 Å². The smallest absolute Gasteiger partial charge is 0.241 e. The Kier molecular flexibility index (Phi) is 22.9. The molecule has 2 heterocycles. The molecule has 0 aromatic heterocycles. The van der Waals surface area contributed by atoms with E-state index in [9.17, 15) is 0 Å². The van der Waals surface area contributed by atoms with Crippen molar-refractivity contribution in [1.29, 1.82) is 0 Å². The third kappa shape index (κ3) is 19.9. The van der Waals surface area contributed by atoms with Gasteiger partial charge in [-0.05, 0) is 111 Å². The fourth-order valence-electron chi connectivity index (χ4n) is 6.40. The summed E-state index contributed by atoms with van der Waals surface area (Å²) in [4.78, 5) is 0. The maximum atomic E-state index is 6.12. The van der Waals surface area contributed by atoms with Crippen molar-refractivity contribution in [3.05, 3.63) is 47.5 Å². The van der Waals surface area contributed by atoms with Crippen LogP contribution in [-0.2, 0) is 36.9 Å². The fourth-order valence-corrected chi connectivity index (χ4v) is 6.40. The summed E-state index contributed by atoms with van der Waals surface area (Å²) in [5, 5.41) is 0. The fraction of sp³-hybridized carbons (Fsp3) is 0.739. The quantitative estimate of drug-likeness (QED) is 0.0646. The Hall–Kier alpha value is -2.56. The summed E-state index contributed by atoms with van der Waals surface area (Å²) in [6, 6.07) is 12.2. The van der Waals surface area contributed by atoms with E-state index in [2.05, 4.69) is 39.8 Å². The molecule has 0 aliphatic carbocycles. The number of hydrogen-bond acceptors (Lipinski definition) is 9. The summed E-state index contributed by atoms with van der Waals surface area (Å²) in [5.74, 6) is 4.65. The second kappa shape index (κ2) is 27.9. The maximum Gasteiger partial charge on any atom is 0.241 e. The van der Waals surface area contributed by atoms with Gasteiger partial charge in [-0.3, -0.25) is 0 Å². The van der Waals surface area contributed by atoms with Crippen LogP contribution in [0, 0.1) is 11.8 Å². The molecule has 55 heavy (non-hydrogen) atoms. The molecule has 312 valence electrons. The minimum atomic E-state index is -0.215. The Morgan fingerprint density at radius 2 is 0.745 bits per heavy atom. The minimum absolute atomic E-state index is 0.215. The Morgan fingerprint density at radius 3 is 1.15 bits per heavy atom. The Bertz CT molecular complexity index is 1170. The number of benzene rings is 2. The average molecular weight is 771 g/mol. The summed E-state index contributed by atoms with van der Waals surface area (Å²) in [7, 11) is 0. The van der Waals surface area contributed by atoms with Gasteiger partial charge in [0, 0.05) is 65.7 Å². The van der Waals surface area contributed by atoms with Gasteiger partial charge in [0.1, 0.15) is 0 Å². The molecule has 9 nitrogen and oxygen atoms in total. The van der Waals surface area contributed by atoms with Crippen molar-refractivity contribution < 1.29 is 42.6 Å². The second-order valence-electron chi connectivity index (χ2n) is 16.0. The molecule has 2 unspecified atom stereocenters. The van der Waals surface area contributed by atoms with Crippen molar-refractivity contribution in [3.8, 4) is 23.0 Å². The van der Waals surface area contributed by atoms with Crippen molar-refractivity contribution in [3.63, 3.8) is 0 Å². The van der Waals surface area contributed by atoms with Gasteiger partial charge in [-0.1, -0.05) is 65.5 Å². The monoisotopic (exact) mass is 771 g/mol. The number of ether oxygens (including phenoxy) is 9. The molecule has 0 saturated heterocycles. The highest BCUT2D eigenvalue weighted by molar-refractivity contribution is 5.46. The van der Waals surface area contributed by atoms with E-state index in [4.69, 9.17) is 42.6 Å². The Labute approximate surface area is 333 Å². The zero-order valence-electron chi connectivity index (χ0n) is 34.8. The van der Waals surface area contributed by atoms with Crippen LogP contribution in [0.2, 0.25) is 0 Å². The lowest BCUT2D eigenvalue weighted by atomic mass is 10.1. The van der Waals surface area contributed by atoms with E-state index in [-0.39, 0.29) is 12.6 Å². The summed E-state index contributed by atoms with van der Waals surface area (Å²) in [6.45, 7) is 16.7. The minimum Gasteiger partial charge on any atom is -0.451 e. The lowest BCUT2D eigenvalue weighted by Crippen LogP contribution is -2.17. The van der Waals surface area contributed by atoms with Crippen LogP contribution in [0.5, 0.6) is 23.0 Å². The van der Waals surface area contributed by atoms with Crippen molar-refractivity contribution >= 4 is 0 Å². The summed E-state index contributed by atoms with van der Waals surface area (Å²) < 4.78 is 53.3. The largest absolute Gasteiger partial charge is 0.451 e. The van der Waals surface area contributed by atoms with Gasteiger partial charge in [0.05, 0.1) is 13.2 Å². The molecule has 2 aliphatic rings. The van der Waals surface area contributed by atoms with Crippen molar-refractivity contribution in [1.82, 2.24) is 0 Å². The van der Waals surface area contributed by atoms with Gasteiger partial charge in [-0.15, -0.1) is 0 Å².